The van der Waals surface area contributed by atoms with Crippen LogP contribution in [0.1, 0.15) is 20.8 Å². The van der Waals surface area contributed by atoms with E-state index in [2.05, 4.69) is 0 Å². The van der Waals surface area contributed by atoms with Gasteiger partial charge >= 0.3 is 17.9 Å². The molecule has 8 nitrogen and oxygen atoms in total. The summed E-state index contributed by atoms with van der Waals surface area (Å²) < 4.78 is 27.3. The zero-order valence-corrected chi connectivity index (χ0v) is 13.7. The minimum Gasteiger partial charge on any atom is -0.463 e. The van der Waals surface area contributed by atoms with Crippen LogP contribution in [0, 0.1) is 11.8 Å². The van der Waals surface area contributed by atoms with Crippen LogP contribution in [0.4, 0.5) is 0 Å². The first kappa shape index (κ1) is 16.9. The molecule has 24 heavy (non-hydrogen) atoms. The van der Waals surface area contributed by atoms with Crippen LogP contribution in [-0.2, 0) is 38.1 Å². The van der Waals surface area contributed by atoms with E-state index in [4.69, 9.17) is 23.7 Å². The van der Waals surface area contributed by atoms with E-state index in [0.717, 1.165) is 5.57 Å². The molecule has 0 aromatic carbocycles. The molecule has 0 radical (unpaired) electrons. The number of esters is 3. The fourth-order valence-corrected chi connectivity index (χ4v) is 3.66. The van der Waals surface area contributed by atoms with Crippen molar-refractivity contribution in [3.63, 3.8) is 0 Å². The summed E-state index contributed by atoms with van der Waals surface area (Å²) in [5.41, 5.74) is 0.972. The molecule has 0 aromatic heterocycles. The highest BCUT2D eigenvalue weighted by molar-refractivity contribution is 5.67. The molecule has 6 atom stereocenters. The van der Waals surface area contributed by atoms with Crippen molar-refractivity contribution in [2.24, 2.45) is 11.8 Å². The molecule has 3 rings (SSSR count). The van der Waals surface area contributed by atoms with Crippen molar-refractivity contribution in [3.05, 3.63) is 11.6 Å². The van der Waals surface area contributed by atoms with Gasteiger partial charge < -0.3 is 23.7 Å². The first-order valence-electron chi connectivity index (χ1n) is 7.82. The van der Waals surface area contributed by atoms with E-state index >= 15 is 0 Å². The van der Waals surface area contributed by atoms with Gasteiger partial charge in [-0.1, -0.05) is 0 Å². The Kier molecular flexibility index (Phi) is 4.60. The van der Waals surface area contributed by atoms with Gasteiger partial charge in [0.1, 0.15) is 24.9 Å². The topological polar surface area (TPSA) is 97.4 Å². The molecule has 2 saturated heterocycles. The van der Waals surface area contributed by atoms with Gasteiger partial charge in [-0.3, -0.25) is 14.4 Å². The number of hydrogen-bond acceptors (Lipinski definition) is 8. The predicted molar refractivity (Wildman–Crippen MR) is 77.4 cm³/mol. The summed E-state index contributed by atoms with van der Waals surface area (Å²) in [7, 11) is 0. The molecule has 1 aliphatic carbocycles. The van der Waals surface area contributed by atoms with Gasteiger partial charge in [0, 0.05) is 26.7 Å². The number of carbonyl (C=O) groups excluding carboxylic acids is 3. The average molecular weight is 340 g/mol. The van der Waals surface area contributed by atoms with E-state index < -0.39 is 42.5 Å². The van der Waals surface area contributed by atoms with Crippen LogP contribution in [0.15, 0.2) is 11.6 Å². The van der Waals surface area contributed by atoms with Gasteiger partial charge in [-0.05, 0) is 11.6 Å². The third-order valence-electron chi connectivity index (χ3n) is 4.42. The molecule has 0 N–H and O–H groups in total. The van der Waals surface area contributed by atoms with Gasteiger partial charge in [0.05, 0.1) is 12.5 Å². The Morgan fingerprint density at radius 1 is 1.12 bits per heavy atom. The van der Waals surface area contributed by atoms with Crippen LogP contribution < -0.4 is 0 Å². The van der Waals surface area contributed by atoms with Gasteiger partial charge in [0.15, 0.2) is 6.29 Å². The van der Waals surface area contributed by atoms with Crippen LogP contribution in [0.2, 0.25) is 0 Å². The Labute approximate surface area is 139 Å². The van der Waals surface area contributed by atoms with E-state index in [0.29, 0.717) is 6.61 Å². The largest absolute Gasteiger partial charge is 0.463 e. The van der Waals surface area contributed by atoms with Gasteiger partial charge in [-0.2, -0.15) is 0 Å². The molecule has 0 aromatic rings. The lowest BCUT2D eigenvalue weighted by molar-refractivity contribution is -0.258. The second kappa shape index (κ2) is 6.52. The first-order valence-corrected chi connectivity index (χ1v) is 7.82. The molecule has 132 valence electrons. The van der Waals surface area contributed by atoms with E-state index in [1.165, 1.54) is 20.8 Å². The van der Waals surface area contributed by atoms with E-state index in [1.807, 2.05) is 6.08 Å². The third kappa shape index (κ3) is 3.16. The number of rotatable bonds is 4. The van der Waals surface area contributed by atoms with Crippen molar-refractivity contribution in [2.75, 3.05) is 13.2 Å². The summed E-state index contributed by atoms with van der Waals surface area (Å²) in [5.74, 6) is -1.83. The SMILES string of the molecule is CC(=O)OC[C@H]1O[C@@H]2OCC3=C[C@H](OC(C)=O)[C@H]([C@@H]1OC(C)=O)[C@@H]32. The zero-order valence-electron chi connectivity index (χ0n) is 13.7. The Morgan fingerprint density at radius 3 is 2.46 bits per heavy atom. The van der Waals surface area contributed by atoms with Crippen LogP contribution in [0.25, 0.3) is 0 Å². The second-order valence-electron chi connectivity index (χ2n) is 6.15. The lowest BCUT2D eigenvalue weighted by Gasteiger charge is -2.42. The average Bonchev–Trinajstić information content (AvgIpc) is 3.01. The molecule has 0 saturated carbocycles. The second-order valence-corrected chi connectivity index (χ2v) is 6.15. The van der Waals surface area contributed by atoms with E-state index in [-0.39, 0.29) is 18.4 Å². The van der Waals surface area contributed by atoms with Crippen molar-refractivity contribution in [2.45, 2.75) is 45.4 Å². The van der Waals surface area contributed by atoms with Crippen LogP contribution in [0.3, 0.4) is 0 Å². The minimum absolute atomic E-state index is 0.0709. The molecule has 2 aliphatic heterocycles. The lowest BCUT2D eigenvalue weighted by atomic mass is 9.81. The van der Waals surface area contributed by atoms with Gasteiger partial charge in [-0.25, -0.2) is 0 Å². The lowest BCUT2D eigenvalue weighted by Crippen LogP contribution is -2.55. The first-order chi connectivity index (χ1) is 11.4. The summed E-state index contributed by atoms with van der Waals surface area (Å²) in [4.78, 5) is 34.1. The molecule has 3 aliphatic rings. The summed E-state index contributed by atoms with van der Waals surface area (Å²) in [6.07, 6.45) is -0.614. The normalized spacial score (nSPS) is 36.5. The summed E-state index contributed by atoms with van der Waals surface area (Å²) >= 11 is 0. The molecule has 0 bridgehead atoms. The predicted octanol–water partition coefficient (Wildman–Crippen LogP) is 0.340. The van der Waals surface area contributed by atoms with Gasteiger partial charge in [0.25, 0.3) is 0 Å². The number of hydrogen-bond donors (Lipinski definition) is 0. The van der Waals surface area contributed by atoms with Crippen molar-refractivity contribution in [3.8, 4) is 0 Å². The molecule has 0 unspecified atom stereocenters. The van der Waals surface area contributed by atoms with Crippen LogP contribution in [0.5, 0.6) is 0 Å². The molecule has 2 heterocycles. The Hall–Kier alpha value is -1.93. The monoisotopic (exact) mass is 340 g/mol. The fraction of sp³-hybridized carbons (Fsp3) is 0.688. The van der Waals surface area contributed by atoms with Crippen molar-refractivity contribution < 1.29 is 38.1 Å². The highest BCUT2D eigenvalue weighted by atomic mass is 16.7. The van der Waals surface area contributed by atoms with Crippen LogP contribution in [-0.4, -0.2) is 55.7 Å². The summed E-state index contributed by atoms with van der Waals surface area (Å²) in [6, 6.07) is 0. The van der Waals surface area contributed by atoms with Crippen molar-refractivity contribution in [1.82, 2.24) is 0 Å². The molecule has 0 spiro atoms. The third-order valence-corrected chi connectivity index (χ3v) is 4.42. The molecule has 0 amide bonds. The zero-order chi connectivity index (χ0) is 17.4. The number of ether oxygens (including phenoxy) is 5. The number of carbonyl (C=O) groups is 3. The molecule has 8 heteroatoms. The Bertz CT molecular complexity index is 583. The maximum atomic E-state index is 11.6. The fourth-order valence-electron chi connectivity index (χ4n) is 3.66. The summed E-state index contributed by atoms with van der Waals surface area (Å²) in [6.45, 7) is 4.21. The van der Waals surface area contributed by atoms with Gasteiger partial charge in [-0.15, -0.1) is 0 Å². The van der Waals surface area contributed by atoms with Crippen molar-refractivity contribution in [1.29, 1.82) is 0 Å². The summed E-state index contributed by atoms with van der Waals surface area (Å²) in [5, 5.41) is 0. The molecule has 2 fully saturated rings. The molecular formula is C16H20O8. The van der Waals surface area contributed by atoms with E-state index in [1.54, 1.807) is 0 Å². The minimum atomic E-state index is -0.706. The standard InChI is InChI=1S/C16H20O8/c1-7(17)20-6-12-15(23-9(3)19)14-11(22-8(2)18)4-10-5-21-16(24-12)13(10)14/h4,11-16H,5-6H2,1-3H3/t11-,12+,13+,14-,15+,16-/m0/s1. The Balaban J connectivity index is 1.87. The highest BCUT2D eigenvalue weighted by Gasteiger charge is 2.58. The quantitative estimate of drug-likeness (QED) is 0.411. The van der Waals surface area contributed by atoms with E-state index in [9.17, 15) is 14.4 Å². The van der Waals surface area contributed by atoms with Crippen molar-refractivity contribution >= 4 is 17.9 Å². The smallest absolute Gasteiger partial charge is 0.303 e. The molecular weight excluding hydrogens is 320 g/mol. The Morgan fingerprint density at radius 2 is 1.83 bits per heavy atom. The maximum Gasteiger partial charge on any atom is 0.303 e. The van der Waals surface area contributed by atoms with Gasteiger partial charge in [0.2, 0.25) is 0 Å². The maximum absolute atomic E-state index is 11.6. The highest BCUT2D eigenvalue weighted by Crippen LogP contribution is 2.49. The van der Waals surface area contributed by atoms with Crippen LogP contribution >= 0.6 is 0 Å².